The van der Waals surface area contributed by atoms with Crippen LogP contribution in [0, 0.1) is 11.8 Å². The fraction of sp³-hybridized carbons (Fsp3) is 0.737. The molecule has 0 heterocycles. The van der Waals surface area contributed by atoms with E-state index in [4.69, 9.17) is 5.11 Å². The predicted molar refractivity (Wildman–Crippen MR) is 96.6 cm³/mol. The molecule has 130 valence electrons. The molecule has 0 bridgehead atoms. The van der Waals surface area contributed by atoms with Gasteiger partial charge in [-0.1, -0.05) is 70.9 Å². The van der Waals surface area contributed by atoms with E-state index in [-0.39, 0.29) is 0 Å². The van der Waals surface area contributed by atoms with E-state index in [1.807, 2.05) is 45.9 Å². The van der Waals surface area contributed by atoms with Crippen molar-refractivity contribution >= 4 is 6.41 Å². The summed E-state index contributed by atoms with van der Waals surface area (Å²) in [4.78, 5) is 9.86. The van der Waals surface area contributed by atoms with E-state index >= 15 is 0 Å². The molecule has 0 saturated heterocycles. The number of hydrogen-bond acceptors (Lipinski definition) is 2. The highest BCUT2D eigenvalue weighted by molar-refractivity contribution is 5.51. The minimum absolute atomic E-state index is 0.662. The predicted octanol–water partition coefficient (Wildman–Crippen LogP) is 4.82. The van der Waals surface area contributed by atoms with Crippen molar-refractivity contribution in [2.45, 2.75) is 72.6 Å². The quantitative estimate of drug-likeness (QED) is 0.579. The van der Waals surface area contributed by atoms with Gasteiger partial charge in [-0.25, -0.2) is 0 Å². The van der Waals surface area contributed by atoms with Crippen LogP contribution in [0.1, 0.15) is 72.6 Å². The fourth-order valence-electron chi connectivity index (χ4n) is 3.16. The minimum atomic E-state index is 0.662. The van der Waals surface area contributed by atoms with Gasteiger partial charge in [0.15, 0.2) is 0 Å². The van der Waals surface area contributed by atoms with E-state index in [0.29, 0.717) is 6.41 Å². The van der Waals surface area contributed by atoms with Crippen molar-refractivity contribution in [3.63, 3.8) is 0 Å². The highest BCUT2D eigenvalue weighted by Gasteiger charge is 2.28. The average Bonchev–Trinajstić information content (AvgIpc) is 3.07. The zero-order chi connectivity index (χ0) is 17.2. The number of rotatable bonds is 3. The molecule has 22 heavy (non-hydrogen) atoms. The van der Waals surface area contributed by atoms with Crippen LogP contribution in [0.25, 0.3) is 0 Å². The first-order valence-electron chi connectivity index (χ1n) is 8.75. The Kier molecular flexibility index (Phi) is 18.9. The van der Waals surface area contributed by atoms with Crippen molar-refractivity contribution in [3.05, 3.63) is 23.9 Å². The Morgan fingerprint density at radius 2 is 1.41 bits per heavy atom. The van der Waals surface area contributed by atoms with Gasteiger partial charge in [-0.2, -0.15) is 0 Å². The molecule has 0 aromatic heterocycles. The van der Waals surface area contributed by atoms with Crippen molar-refractivity contribution in [1.82, 2.24) is 5.32 Å². The van der Waals surface area contributed by atoms with E-state index in [0.717, 1.165) is 12.8 Å². The van der Waals surface area contributed by atoms with Gasteiger partial charge in [0.05, 0.1) is 0 Å². The number of aliphatic hydroxyl groups is 1. The molecule has 2 unspecified atom stereocenters. The summed E-state index contributed by atoms with van der Waals surface area (Å²) < 4.78 is 0. The third kappa shape index (κ3) is 10.6. The maximum Gasteiger partial charge on any atom is 0.211 e. The van der Waals surface area contributed by atoms with Gasteiger partial charge in [-0.15, -0.1) is 0 Å². The lowest BCUT2D eigenvalue weighted by atomic mass is 9.82. The Morgan fingerprint density at radius 3 is 1.77 bits per heavy atom. The summed E-state index contributed by atoms with van der Waals surface area (Å²) in [6.45, 7) is 7.77. The van der Waals surface area contributed by atoms with Crippen molar-refractivity contribution < 1.29 is 9.90 Å². The zero-order valence-electron chi connectivity index (χ0n) is 15.3. The van der Waals surface area contributed by atoms with Gasteiger partial charge >= 0.3 is 0 Å². The highest BCUT2D eigenvalue weighted by Crippen LogP contribution is 2.41. The molecule has 0 aromatic rings. The maximum absolute atomic E-state index is 9.86. The molecule has 0 aliphatic heterocycles. The first kappa shape index (κ1) is 23.2. The first-order valence-corrected chi connectivity index (χ1v) is 8.75. The molecule has 2 aliphatic carbocycles. The summed E-state index contributed by atoms with van der Waals surface area (Å²) in [5.74, 6) is 2.33. The Bertz CT molecular complexity index is 286. The van der Waals surface area contributed by atoms with E-state index in [9.17, 15) is 4.79 Å². The lowest BCUT2D eigenvalue weighted by molar-refractivity contribution is -0.108. The van der Waals surface area contributed by atoms with Crippen LogP contribution in [0.15, 0.2) is 23.9 Å². The number of nitrogens with one attached hydrogen (secondary N) is 1. The minimum Gasteiger partial charge on any atom is -0.400 e. The second-order valence-electron chi connectivity index (χ2n) is 5.24. The summed E-state index contributed by atoms with van der Waals surface area (Å²) in [6.07, 6.45) is 17.0. The second kappa shape index (κ2) is 18.0. The van der Waals surface area contributed by atoms with Crippen molar-refractivity contribution in [1.29, 1.82) is 0 Å². The number of carbonyl (C=O) groups is 1. The maximum atomic E-state index is 9.86. The van der Waals surface area contributed by atoms with E-state index < -0.39 is 0 Å². The highest BCUT2D eigenvalue weighted by atomic mass is 16.2. The molecule has 3 heteroatoms. The SMILES string of the molecule is C/C=C\C(=C/C)NC=O.C1CCC2CCCC2C1.CC.CO. The van der Waals surface area contributed by atoms with Gasteiger partial charge in [0, 0.05) is 12.8 Å². The summed E-state index contributed by atoms with van der Waals surface area (Å²) in [7, 11) is 1.00. The van der Waals surface area contributed by atoms with Crippen LogP contribution in [0.5, 0.6) is 0 Å². The Hall–Kier alpha value is -1.09. The normalized spacial score (nSPS) is 22.9. The monoisotopic (exact) mass is 311 g/mol. The van der Waals surface area contributed by atoms with Crippen LogP contribution in [0.4, 0.5) is 0 Å². The van der Waals surface area contributed by atoms with Gasteiger partial charge in [-0.3, -0.25) is 4.79 Å². The van der Waals surface area contributed by atoms with E-state index in [1.54, 1.807) is 25.7 Å². The third-order valence-electron chi connectivity index (χ3n) is 4.10. The van der Waals surface area contributed by atoms with Gasteiger partial charge in [0.25, 0.3) is 0 Å². The summed E-state index contributed by atoms with van der Waals surface area (Å²) >= 11 is 0. The number of carbonyl (C=O) groups excluding carboxylic acids is 1. The smallest absolute Gasteiger partial charge is 0.211 e. The van der Waals surface area contributed by atoms with Crippen LogP contribution in [0.2, 0.25) is 0 Å². The number of amides is 1. The topological polar surface area (TPSA) is 49.3 Å². The Balaban J connectivity index is 0. The molecule has 2 N–H and O–H groups in total. The van der Waals surface area contributed by atoms with Crippen LogP contribution in [0.3, 0.4) is 0 Å². The van der Waals surface area contributed by atoms with Gasteiger partial charge in [-0.05, 0) is 31.8 Å². The molecule has 0 aromatic carbocycles. The van der Waals surface area contributed by atoms with Gasteiger partial charge in [0.1, 0.15) is 0 Å². The number of aliphatic hydroxyl groups excluding tert-OH is 1. The molecule has 2 saturated carbocycles. The molecule has 1 amide bonds. The number of hydrogen-bond donors (Lipinski definition) is 2. The van der Waals surface area contributed by atoms with Crippen LogP contribution in [-0.4, -0.2) is 18.6 Å². The number of fused-ring (bicyclic) bond motifs is 1. The molecule has 2 atom stereocenters. The molecular weight excluding hydrogens is 274 g/mol. The van der Waals surface area contributed by atoms with Gasteiger partial charge < -0.3 is 10.4 Å². The first-order chi connectivity index (χ1) is 10.8. The summed E-state index contributed by atoms with van der Waals surface area (Å²) in [6, 6.07) is 0. The van der Waals surface area contributed by atoms with Crippen LogP contribution in [-0.2, 0) is 4.79 Å². The Morgan fingerprint density at radius 1 is 0.955 bits per heavy atom. The molecular formula is C19H37NO2. The second-order valence-corrected chi connectivity index (χ2v) is 5.24. The molecule has 2 rings (SSSR count). The molecule has 3 nitrogen and oxygen atoms in total. The summed E-state index contributed by atoms with van der Waals surface area (Å²) in [5.41, 5.74) is 0.826. The van der Waals surface area contributed by atoms with Crippen molar-refractivity contribution in [3.8, 4) is 0 Å². The molecule has 2 aliphatic rings. The van der Waals surface area contributed by atoms with Gasteiger partial charge in [0.2, 0.25) is 6.41 Å². The number of allylic oxidation sites excluding steroid dienone is 3. The average molecular weight is 312 g/mol. The lowest BCUT2D eigenvalue weighted by Crippen LogP contribution is -2.12. The van der Waals surface area contributed by atoms with Crippen molar-refractivity contribution in [2.75, 3.05) is 7.11 Å². The van der Waals surface area contributed by atoms with Crippen LogP contribution < -0.4 is 5.32 Å². The van der Waals surface area contributed by atoms with Crippen molar-refractivity contribution in [2.24, 2.45) is 11.8 Å². The van der Waals surface area contributed by atoms with Crippen LogP contribution >= 0.6 is 0 Å². The lowest BCUT2D eigenvalue weighted by Gasteiger charge is -2.24. The van der Waals surface area contributed by atoms with E-state index in [2.05, 4.69) is 5.32 Å². The van der Waals surface area contributed by atoms with E-state index in [1.165, 1.54) is 31.1 Å². The largest absolute Gasteiger partial charge is 0.400 e. The fourth-order valence-corrected chi connectivity index (χ4v) is 3.16. The molecule has 0 spiro atoms. The molecule has 0 radical (unpaired) electrons. The Labute approximate surface area is 137 Å². The summed E-state index contributed by atoms with van der Waals surface area (Å²) in [5, 5.41) is 9.53. The third-order valence-corrected chi connectivity index (χ3v) is 4.10. The molecule has 2 fully saturated rings. The zero-order valence-corrected chi connectivity index (χ0v) is 15.3. The standard InChI is InChI=1S/C9H16.C7H11NO.C2H6.CH4O/c1-2-5-9-7-3-6-8(9)4-1;1-3-5-7(4-2)8-6-9;2*1-2/h8-9H,1-7H2;3-6H,1-2H3,(H,8,9);1-2H3;2H,1H3/b;5-3-,7-4+;;.